The zero-order valence-electron chi connectivity index (χ0n) is 14.6. The van der Waals surface area contributed by atoms with Gasteiger partial charge in [0.2, 0.25) is 16.2 Å². The van der Waals surface area contributed by atoms with Crippen LogP contribution in [-0.2, 0) is 11.1 Å². The third-order valence-corrected chi connectivity index (χ3v) is 5.42. The minimum absolute atomic E-state index is 0.144. The van der Waals surface area contributed by atoms with Crippen LogP contribution in [0.1, 0.15) is 38.1 Å². The molecule has 1 saturated carbocycles. The van der Waals surface area contributed by atoms with Crippen LogP contribution in [0.3, 0.4) is 0 Å². The van der Waals surface area contributed by atoms with E-state index in [2.05, 4.69) is 19.5 Å². The molecule has 2 aromatic heterocycles. The van der Waals surface area contributed by atoms with Crippen LogP contribution in [0.25, 0.3) is 22.6 Å². The summed E-state index contributed by atoms with van der Waals surface area (Å²) < 4.78 is 36.2. The molecule has 1 N–H and O–H groups in total. The Hall–Kier alpha value is -2.45. The molecular weight excluding hydrogens is 367 g/mol. The van der Waals surface area contributed by atoms with Crippen LogP contribution in [0, 0.1) is 5.82 Å². The zero-order chi connectivity index (χ0) is 18.8. The van der Waals surface area contributed by atoms with Gasteiger partial charge in [-0.1, -0.05) is 19.3 Å². The second-order valence-corrected chi connectivity index (χ2v) is 7.48. The molecule has 0 spiro atoms. The van der Waals surface area contributed by atoms with Crippen molar-refractivity contribution in [3.05, 3.63) is 48.7 Å². The number of benzene rings is 1. The predicted molar refractivity (Wildman–Crippen MR) is 99.8 cm³/mol. The third kappa shape index (κ3) is 3.68. The van der Waals surface area contributed by atoms with E-state index in [9.17, 15) is 13.2 Å². The van der Waals surface area contributed by atoms with Gasteiger partial charge >= 0.3 is 0 Å². The van der Waals surface area contributed by atoms with Gasteiger partial charge < -0.3 is 4.57 Å². The summed E-state index contributed by atoms with van der Waals surface area (Å²) in [6, 6.07) is 8.16. The number of rotatable bonds is 4. The van der Waals surface area contributed by atoms with E-state index in [0.29, 0.717) is 17.4 Å². The fourth-order valence-corrected chi connectivity index (χ4v) is 3.95. The molecule has 3 aromatic rings. The highest BCUT2D eigenvalue weighted by molar-refractivity contribution is 7.79. The second-order valence-electron chi connectivity index (χ2n) is 6.62. The number of hydrogen-bond donors (Lipinski definition) is 1. The minimum Gasteiger partial charge on any atom is -0.326 e. The molecule has 1 aromatic carbocycles. The number of nitrogens with zero attached hydrogens (tertiary/aromatic N) is 4. The number of hydrogen-bond acceptors (Lipinski definition) is 4. The molecule has 1 unspecified atom stereocenters. The first kappa shape index (κ1) is 17.9. The fraction of sp³-hybridized carbons (Fsp3) is 0.316. The highest BCUT2D eigenvalue weighted by atomic mass is 32.2. The highest BCUT2D eigenvalue weighted by Crippen LogP contribution is 2.37. The molecule has 2 heterocycles. The van der Waals surface area contributed by atoms with Gasteiger partial charge in [-0.15, -0.1) is 0 Å². The second kappa shape index (κ2) is 7.66. The van der Waals surface area contributed by atoms with Crippen LogP contribution >= 0.6 is 0 Å². The molecule has 0 amide bonds. The first-order valence-electron chi connectivity index (χ1n) is 8.90. The fourth-order valence-electron chi connectivity index (χ4n) is 3.63. The van der Waals surface area contributed by atoms with E-state index in [4.69, 9.17) is 0 Å². The Kier molecular flexibility index (Phi) is 5.09. The first-order chi connectivity index (χ1) is 13.1. The molecule has 8 heteroatoms. The van der Waals surface area contributed by atoms with Gasteiger partial charge in [0.15, 0.2) is 0 Å². The molecule has 1 aliphatic rings. The quantitative estimate of drug-likeness (QED) is 0.536. The summed E-state index contributed by atoms with van der Waals surface area (Å²) in [5.74, 6) is -0.313. The average Bonchev–Trinajstić information content (AvgIpc) is 3.14. The van der Waals surface area contributed by atoms with Crippen LogP contribution < -0.4 is 0 Å². The van der Waals surface area contributed by atoms with Gasteiger partial charge in [-0.2, -0.15) is 0 Å². The van der Waals surface area contributed by atoms with Gasteiger partial charge in [-0.25, -0.2) is 23.6 Å². The number of halogens is 1. The van der Waals surface area contributed by atoms with E-state index in [1.165, 1.54) is 24.8 Å². The minimum atomic E-state index is -2.27. The van der Waals surface area contributed by atoms with E-state index in [-0.39, 0.29) is 11.0 Å². The van der Waals surface area contributed by atoms with Crippen LogP contribution in [0.15, 0.2) is 48.0 Å². The van der Waals surface area contributed by atoms with Crippen molar-refractivity contribution in [3.8, 4) is 22.6 Å². The number of imidazole rings is 1. The van der Waals surface area contributed by atoms with Gasteiger partial charge in [0.25, 0.3) is 0 Å². The Balaban J connectivity index is 1.87. The molecule has 6 nitrogen and oxygen atoms in total. The molecule has 0 aliphatic heterocycles. The molecule has 1 atom stereocenters. The summed E-state index contributed by atoms with van der Waals surface area (Å²) in [5.41, 5.74) is 2.74. The summed E-state index contributed by atoms with van der Waals surface area (Å²) >= 11 is -2.27. The lowest BCUT2D eigenvalue weighted by Crippen LogP contribution is -2.13. The van der Waals surface area contributed by atoms with Crippen molar-refractivity contribution < 1.29 is 13.2 Å². The van der Waals surface area contributed by atoms with E-state index in [1.807, 2.05) is 0 Å². The summed E-state index contributed by atoms with van der Waals surface area (Å²) in [6.45, 7) is 0. The lowest BCUT2D eigenvalue weighted by atomic mass is 9.95. The van der Waals surface area contributed by atoms with Gasteiger partial charge in [0.1, 0.15) is 5.82 Å². The van der Waals surface area contributed by atoms with Gasteiger partial charge in [0.05, 0.1) is 23.4 Å². The maximum Gasteiger partial charge on any atom is 0.247 e. The Morgan fingerprint density at radius 3 is 2.52 bits per heavy atom. The standard InChI is InChI=1S/C19H19FN4O2S/c20-14-8-6-13(7-9-14)17-18(16-10-11-21-19(23-16)27(25)26)24(12-22-17)15-4-2-1-3-5-15/h6-12,15H,1-5H2,(H,25,26). The summed E-state index contributed by atoms with van der Waals surface area (Å²) in [7, 11) is 0. The average molecular weight is 386 g/mol. The Bertz CT molecular complexity index is 968. The van der Waals surface area contributed by atoms with Gasteiger partial charge in [0, 0.05) is 17.8 Å². The van der Waals surface area contributed by atoms with E-state index >= 15 is 0 Å². The Morgan fingerprint density at radius 1 is 1.07 bits per heavy atom. The normalized spacial score (nSPS) is 16.4. The number of aromatic nitrogens is 4. The largest absolute Gasteiger partial charge is 0.326 e. The van der Waals surface area contributed by atoms with E-state index < -0.39 is 11.1 Å². The summed E-state index contributed by atoms with van der Waals surface area (Å²) in [4.78, 5) is 12.7. The summed E-state index contributed by atoms with van der Waals surface area (Å²) in [6.07, 6.45) is 8.91. The maximum atomic E-state index is 13.4. The molecule has 27 heavy (non-hydrogen) atoms. The third-order valence-electron chi connectivity index (χ3n) is 4.91. The first-order valence-corrected chi connectivity index (χ1v) is 10.0. The van der Waals surface area contributed by atoms with Crippen molar-refractivity contribution in [2.75, 3.05) is 0 Å². The van der Waals surface area contributed by atoms with Gasteiger partial charge in [-0.05, 0) is 43.2 Å². The Labute approximate surface area is 158 Å². The maximum absolute atomic E-state index is 13.4. The monoisotopic (exact) mass is 386 g/mol. The lowest BCUT2D eigenvalue weighted by molar-refractivity contribution is 0.355. The van der Waals surface area contributed by atoms with Crippen molar-refractivity contribution in [1.82, 2.24) is 19.5 Å². The molecule has 0 saturated heterocycles. The van der Waals surface area contributed by atoms with Crippen molar-refractivity contribution >= 4 is 11.1 Å². The van der Waals surface area contributed by atoms with Crippen LogP contribution in [-0.4, -0.2) is 28.3 Å². The van der Waals surface area contributed by atoms with Crippen LogP contribution in [0.5, 0.6) is 0 Å². The van der Waals surface area contributed by atoms with Gasteiger partial charge in [-0.3, -0.25) is 4.55 Å². The molecule has 0 radical (unpaired) electrons. The lowest BCUT2D eigenvalue weighted by Gasteiger charge is -2.25. The van der Waals surface area contributed by atoms with Crippen LogP contribution in [0.4, 0.5) is 4.39 Å². The molecule has 1 fully saturated rings. The summed E-state index contributed by atoms with van der Waals surface area (Å²) in [5, 5.41) is -0.144. The topological polar surface area (TPSA) is 80.9 Å². The zero-order valence-corrected chi connectivity index (χ0v) is 15.4. The molecule has 0 bridgehead atoms. The van der Waals surface area contributed by atoms with E-state index in [1.54, 1.807) is 24.5 Å². The SMILES string of the molecule is O=S(O)c1nccc(-c2c(-c3ccc(F)cc3)ncn2C2CCCCC2)n1. The highest BCUT2D eigenvalue weighted by Gasteiger charge is 2.23. The predicted octanol–water partition coefficient (Wildman–Crippen LogP) is 4.23. The van der Waals surface area contributed by atoms with Crippen molar-refractivity contribution in [2.45, 2.75) is 43.3 Å². The molecule has 1 aliphatic carbocycles. The van der Waals surface area contributed by atoms with Crippen LogP contribution in [0.2, 0.25) is 0 Å². The van der Waals surface area contributed by atoms with E-state index in [0.717, 1.165) is 36.9 Å². The Morgan fingerprint density at radius 2 is 1.81 bits per heavy atom. The molecule has 140 valence electrons. The van der Waals surface area contributed by atoms with Crippen molar-refractivity contribution in [1.29, 1.82) is 0 Å². The van der Waals surface area contributed by atoms with Crippen molar-refractivity contribution in [3.63, 3.8) is 0 Å². The molecular formula is C19H19FN4O2S. The van der Waals surface area contributed by atoms with Crippen molar-refractivity contribution in [2.24, 2.45) is 0 Å². The molecule has 4 rings (SSSR count). The smallest absolute Gasteiger partial charge is 0.247 e.